The van der Waals surface area contributed by atoms with Crippen molar-refractivity contribution in [3.8, 4) is 0 Å². The molecule has 0 radical (unpaired) electrons. The normalized spacial score (nSPS) is 10.1. The van der Waals surface area contributed by atoms with Crippen LogP contribution in [0.3, 0.4) is 0 Å². The highest BCUT2D eigenvalue weighted by Gasteiger charge is 2.31. The smallest absolute Gasteiger partial charge is 0.316 e. The van der Waals surface area contributed by atoms with Gasteiger partial charge in [0.25, 0.3) is 0 Å². The monoisotopic (exact) mass is 482 g/mol. The van der Waals surface area contributed by atoms with Crippen LogP contribution in [0.25, 0.3) is 0 Å². The standard InChI is InChI=1S/C13H18O2.C11H22O2.3C2H6/c1-10(2)15-12(14)13(3,4)11-8-6-5-7-9-11;1-6-7-8-11(4,5)10(12)13-9(2)3;3*1-2/h5-10H,1-4H3;9H,6-8H2,1-5H3;3*1-2H3. The number of hydrogen-bond donors (Lipinski definition) is 0. The summed E-state index contributed by atoms with van der Waals surface area (Å²) in [6, 6.07) is 9.69. The Kier molecular flexibility index (Phi) is 26.6. The first-order valence-corrected chi connectivity index (χ1v) is 13.3. The fraction of sp³-hybridized carbons (Fsp3) is 0.733. The summed E-state index contributed by atoms with van der Waals surface area (Å²) < 4.78 is 10.4. The summed E-state index contributed by atoms with van der Waals surface area (Å²) in [4.78, 5) is 23.4. The third-order valence-corrected chi connectivity index (χ3v) is 4.40. The lowest BCUT2D eigenvalue weighted by Crippen LogP contribution is -2.32. The molecule has 0 heterocycles. The minimum absolute atomic E-state index is 0.00611. The van der Waals surface area contributed by atoms with Crippen LogP contribution in [0, 0.1) is 5.41 Å². The summed E-state index contributed by atoms with van der Waals surface area (Å²) in [6.45, 7) is 29.3. The summed E-state index contributed by atoms with van der Waals surface area (Å²) in [5.74, 6) is -0.250. The van der Waals surface area contributed by atoms with Gasteiger partial charge in [0.05, 0.1) is 23.0 Å². The van der Waals surface area contributed by atoms with E-state index in [1.807, 2.05) is 127 Å². The molecule has 0 unspecified atom stereocenters. The summed E-state index contributed by atoms with van der Waals surface area (Å²) >= 11 is 0. The molecular weight excluding hydrogens is 424 g/mol. The topological polar surface area (TPSA) is 52.6 Å². The SMILES string of the molecule is CC.CC.CC.CC(C)OC(=O)C(C)(C)c1ccccc1.CCCCC(C)(C)C(=O)OC(C)C. The van der Waals surface area contributed by atoms with E-state index in [2.05, 4.69) is 6.92 Å². The zero-order valence-corrected chi connectivity index (χ0v) is 25.3. The molecular formula is C30H58O4. The van der Waals surface area contributed by atoms with Crippen molar-refractivity contribution < 1.29 is 19.1 Å². The zero-order valence-electron chi connectivity index (χ0n) is 25.3. The zero-order chi connectivity index (χ0) is 28.0. The third kappa shape index (κ3) is 18.6. The molecule has 202 valence electrons. The molecule has 0 aromatic heterocycles. The molecule has 1 aromatic carbocycles. The van der Waals surface area contributed by atoms with E-state index in [9.17, 15) is 9.59 Å². The summed E-state index contributed by atoms with van der Waals surface area (Å²) in [5.41, 5.74) is 0.0851. The van der Waals surface area contributed by atoms with Crippen LogP contribution in [0.5, 0.6) is 0 Å². The van der Waals surface area contributed by atoms with Crippen LogP contribution in [0.1, 0.15) is 129 Å². The number of unbranched alkanes of at least 4 members (excludes halogenated alkanes) is 1. The molecule has 0 spiro atoms. The number of benzene rings is 1. The van der Waals surface area contributed by atoms with Gasteiger partial charge in [0.15, 0.2) is 0 Å². The highest BCUT2D eigenvalue weighted by molar-refractivity contribution is 5.82. The quantitative estimate of drug-likeness (QED) is 0.347. The van der Waals surface area contributed by atoms with E-state index in [0.29, 0.717) is 0 Å². The maximum atomic E-state index is 11.9. The summed E-state index contributed by atoms with van der Waals surface area (Å²) in [5, 5.41) is 0. The molecule has 0 N–H and O–H groups in total. The molecule has 0 bridgehead atoms. The van der Waals surface area contributed by atoms with Crippen molar-refractivity contribution in [2.45, 2.75) is 141 Å². The van der Waals surface area contributed by atoms with Crippen LogP contribution in [0.15, 0.2) is 30.3 Å². The lowest BCUT2D eigenvalue weighted by atomic mass is 9.85. The molecule has 1 aromatic rings. The van der Waals surface area contributed by atoms with Crippen molar-refractivity contribution in [2.24, 2.45) is 5.41 Å². The van der Waals surface area contributed by atoms with Crippen molar-refractivity contribution in [3.05, 3.63) is 35.9 Å². The Labute approximate surface area is 213 Å². The Bertz CT molecular complexity index is 587. The van der Waals surface area contributed by atoms with Crippen LogP contribution < -0.4 is 0 Å². The average molecular weight is 483 g/mol. The van der Waals surface area contributed by atoms with E-state index in [0.717, 1.165) is 24.8 Å². The summed E-state index contributed by atoms with van der Waals surface area (Å²) in [7, 11) is 0. The van der Waals surface area contributed by atoms with Gasteiger partial charge in [-0.1, -0.05) is 91.6 Å². The van der Waals surface area contributed by atoms with Gasteiger partial charge in [-0.15, -0.1) is 0 Å². The van der Waals surface area contributed by atoms with Gasteiger partial charge in [0.1, 0.15) is 0 Å². The predicted octanol–water partition coefficient (Wildman–Crippen LogP) is 9.15. The minimum atomic E-state index is -0.578. The van der Waals surface area contributed by atoms with E-state index in [1.54, 1.807) is 0 Å². The van der Waals surface area contributed by atoms with Crippen LogP contribution in [0.2, 0.25) is 0 Å². The number of esters is 2. The molecule has 0 saturated carbocycles. The van der Waals surface area contributed by atoms with E-state index in [1.165, 1.54) is 0 Å². The van der Waals surface area contributed by atoms with Crippen molar-refractivity contribution in [3.63, 3.8) is 0 Å². The van der Waals surface area contributed by atoms with Gasteiger partial charge in [0.2, 0.25) is 0 Å². The molecule has 0 atom stereocenters. The fourth-order valence-corrected chi connectivity index (χ4v) is 2.43. The van der Waals surface area contributed by atoms with Crippen LogP contribution in [-0.4, -0.2) is 24.1 Å². The molecule has 0 aliphatic rings. The predicted molar refractivity (Wildman–Crippen MR) is 149 cm³/mol. The number of rotatable bonds is 8. The first-order chi connectivity index (χ1) is 15.8. The second-order valence-electron chi connectivity index (χ2n) is 8.89. The van der Waals surface area contributed by atoms with Gasteiger partial charge < -0.3 is 9.47 Å². The highest BCUT2D eigenvalue weighted by Crippen LogP contribution is 2.26. The molecule has 0 saturated heterocycles. The Hall–Kier alpha value is -1.84. The fourth-order valence-electron chi connectivity index (χ4n) is 2.43. The van der Waals surface area contributed by atoms with Crippen molar-refractivity contribution in [2.75, 3.05) is 0 Å². The molecule has 0 fully saturated rings. The lowest BCUT2D eigenvalue weighted by molar-refractivity contribution is -0.158. The number of hydrogen-bond acceptors (Lipinski definition) is 4. The molecule has 0 aliphatic carbocycles. The summed E-state index contributed by atoms with van der Waals surface area (Å²) in [6.07, 6.45) is 3.04. The van der Waals surface area contributed by atoms with Crippen molar-refractivity contribution >= 4 is 11.9 Å². The van der Waals surface area contributed by atoms with E-state index >= 15 is 0 Å². The van der Waals surface area contributed by atoms with Crippen LogP contribution in [-0.2, 0) is 24.5 Å². The minimum Gasteiger partial charge on any atom is -0.463 e. The van der Waals surface area contributed by atoms with Crippen LogP contribution in [0.4, 0.5) is 0 Å². The van der Waals surface area contributed by atoms with Crippen LogP contribution >= 0.6 is 0 Å². The molecule has 1 rings (SSSR count). The maximum Gasteiger partial charge on any atom is 0.316 e. The third-order valence-electron chi connectivity index (χ3n) is 4.40. The van der Waals surface area contributed by atoms with Gasteiger partial charge >= 0.3 is 11.9 Å². The Morgan fingerprint density at radius 2 is 1.12 bits per heavy atom. The number of carbonyl (C=O) groups excluding carboxylic acids is 2. The average Bonchev–Trinajstić information content (AvgIpc) is 2.82. The first-order valence-electron chi connectivity index (χ1n) is 13.3. The van der Waals surface area contributed by atoms with Gasteiger partial charge in [0, 0.05) is 0 Å². The van der Waals surface area contributed by atoms with E-state index < -0.39 is 5.41 Å². The number of ether oxygens (including phenoxy) is 2. The van der Waals surface area contributed by atoms with E-state index in [-0.39, 0.29) is 29.6 Å². The Morgan fingerprint density at radius 3 is 1.47 bits per heavy atom. The first kappa shape index (κ1) is 39.4. The molecule has 4 heteroatoms. The van der Waals surface area contributed by atoms with Gasteiger partial charge in [-0.2, -0.15) is 0 Å². The van der Waals surface area contributed by atoms with Gasteiger partial charge in [-0.25, -0.2) is 0 Å². The highest BCUT2D eigenvalue weighted by atomic mass is 16.5. The maximum absolute atomic E-state index is 11.9. The second-order valence-corrected chi connectivity index (χ2v) is 8.89. The van der Waals surface area contributed by atoms with E-state index in [4.69, 9.17) is 9.47 Å². The molecule has 34 heavy (non-hydrogen) atoms. The van der Waals surface area contributed by atoms with Crippen molar-refractivity contribution in [1.29, 1.82) is 0 Å². The van der Waals surface area contributed by atoms with Gasteiger partial charge in [-0.3, -0.25) is 9.59 Å². The largest absolute Gasteiger partial charge is 0.463 e. The lowest BCUT2D eigenvalue weighted by Gasteiger charge is -2.24. The Balaban J connectivity index is -0.000000218. The molecule has 4 nitrogen and oxygen atoms in total. The Morgan fingerprint density at radius 1 is 0.735 bits per heavy atom. The second kappa shape index (κ2) is 22.9. The van der Waals surface area contributed by atoms with Gasteiger partial charge in [-0.05, 0) is 67.4 Å². The molecule has 0 amide bonds. The molecule has 0 aliphatic heterocycles. The van der Waals surface area contributed by atoms with Crippen molar-refractivity contribution in [1.82, 2.24) is 0 Å². The number of carbonyl (C=O) groups is 2.